The highest BCUT2D eigenvalue weighted by Gasteiger charge is 2.19. The summed E-state index contributed by atoms with van der Waals surface area (Å²) in [5, 5.41) is 18.8. The molecule has 0 aliphatic carbocycles. The van der Waals surface area contributed by atoms with Crippen LogP contribution in [0.1, 0.15) is 97.8 Å². The first kappa shape index (κ1) is 22.7. The maximum absolute atomic E-state index is 11.5. The molecule has 0 amide bonds. The largest absolute Gasteiger partial charge is 0.478 e. The van der Waals surface area contributed by atoms with E-state index in [2.05, 4.69) is 20.8 Å². The summed E-state index contributed by atoms with van der Waals surface area (Å²) in [4.78, 5) is 22.9. The van der Waals surface area contributed by atoms with Gasteiger partial charge >= 0.3 is 11.9 Å². The number of rotatable bonds is 15. The summed E-state index contributed by atoms with van der Waals surface area (Å²) in [6.45, 7) is 6.53. The highest BCUT2D eigenvalue weighted by Crippen LogP contribution is 2.21. The van der Waals surface area contributed by atoms with E-state index in [1.807, 2.05) is 0 Å². The Labute approximate surface area is 147 Å². The fourth-order valence-corrected chi connectivity index (χ4v) is 2.89. The standard InChI is InChI=1S/C20H36O4/c1-4-5-6-7-11-14-17(19(21)22)18(20(23)24)15-12-9-8-10-13-16(2)3/h16H,4-15H2,1-3H3,(H,21,22)(H,23,24)/b18-17-. The Kier molecular flexibility index (Phi) is 13.3. The number of hydrogen-bond donors (Lipinski definition) is 2. The maximum atomic E-state index is 11.5. The van der Waals surface area contributed by atoms with Gasteiger partial charge in [-0.05, 0) is 31.6 Å². The van der Waals surface area contributed by atoms with Gasteiger partial charge in [-0.15, -0.1) is 0 Å². The summed E-state index contributed by atoms with van der Waals surface area (Å²) in [6.07, 6.45) is 11.0. The van der Waals surface area contributed by atoms with Gasteiger partial charge in [-0.3, -0.25) is 0 Å². The molecule has 0 spiro atoms. The van der Waals surface area contributed by atoms with Crippen molar-refractivity contribution in [3.63, 3.8) is 0 Å². The van der Waals surface area contributed by atoms with Gasteiger partial charge in [-0.1, -0.05) is 72.1 Å². The van der Waals surface area contributed by atoms with Crippen LogP contribution in [-0.2, 0) is 9.59 Å². The maximum Gasteiger partial charge on any atom is 0.332 e. The van der Waals surface area contributed by atoms with Crippen LogP contribution in [0.15, 0.2) is 11.1 Å². The molecule has 24 heavy (non-hydrogen) atoms. The summed E-state index contributed by atoms with van der Waals surface area (Å²) in [5.74, 6) is -1.43. The number of carboxylic acids is 2. The lowest BCUT2D eigenvalue weighted by Gasteiger charge is -2.10. The minimum absolute atomic E-state index is 0.112. The van der Waals surface area contributed by atoms with E-state index in [0.29, 0.717) is 18.8 Å². The van der Waals surface area contributed by atoms with Crippen molar-refractivity contribution in [1.29, 1.82) is 0 Å². The zero-order valence-corrected chi connectivity index (χ0v) is 15.8. The summed E-state index contributed by atoms with van der Waals surface area (Å²) >= 11 is 0. The monoisotopic (exact) mass is 340 g/mol. The molecule has 0 heterocycles. The number of hydrogen-bond acceptors (Lipinski definition) is 2. The zero-order chi connectivity index (χ0) is 18.4. The fourth-order valence-electron chi connectivity index (χ4n) is 2.89. The number of aliphatic carboxylic acids is 2. The fraction of sp³-hybridized carbons (Fsp3) is 0.800. The van der Waals surface area contributed by atoms with E-state index < -0.39 is 11.9 Å². The van der Waals surface area contributed by atoms with Gasteiger partial charge in [0.25, 0.3) is 0 Å². The highest BCUT2D eigenvalue weighted by atomic mass is 16.4. The molecule has 4 heteroatoms. The van der Waals surface area contributed by atoms with Crippen molar-refractivity contribution in [3.8, 4) is 0 Å². The topological polar surface area (TPSA) is 74.6 Å². The smallest absolute Gasteiger partial charge is 0.332 e. The second-order valence-electron chi connectivity index (χ2n) is 7.08. The van der Waals surface area contributed by atoms with Crippen molar-refractivity contribution < 1.29 is 19.8 Å². The average Bonchev–Trinajstić information content (AvgIpc) is 2.50. The van der Waals surface area contributed by atoms with E-state index in [-0.39, 0.29) is 11.1 Å². The van der Waals surface area contributed by atoms with E-state index >= 15 is 0 Å². The molecule has 4 nitrogen and oxygen atoms in total. The Morgan fingerprint density at radius 3 is 1.50 bits per heavy atom. The van der Waals surface area contributed by atoms with Gasteiger partial charge in [0.15, 0.2) is 0 Å². The third-order valence-corrected chi connectivity index (χ3v) is 4.37. The van der Waals surface area contributed by atoms with Gasteiger partial charge < -0.3 is 10.2 Å². The van der Waals surface area contributed by atoms with E-state index in [4.69, 9.17) is 0 Å². The van der Waals surface area contributed by atoms with Crippen molar-refractivity contribution in [2.45, 2.75) is 97.8 Å². The van der Waals surface area contributed by atoms with Crippen molar-refractivity contribution in [2.24, 2.45) is 5.92 Å². The lowest BCUT2D eigenvalue weighted by atomic mass is 9.96. The van der Waals surface area contributed by atoms with Gasteiger partial charge in [-0.2, -0.15) is 0 Å². The summed E-state index contributed by atoms with van der Waals surface area (Å²) in [5.41, 5.74) is 0.225. The van der Waals surface area contributed by atoms with Crippen LogP contribution >= 0.6 is 0 Å². The molecular weight excluding hydrogens is 304 g/mol. The SMILES string of the molecule is CCCCCCC/C(C(=O)O)=C(\CCCCCCC(C)C)C(=O)O. The van der Waals surface area contributed by atoms with Gasteiger partial charge in [0.05, 0.1) is 0 Å². The van der Waals surface area contributed by atoms with Gasteiger partial charge in [0, 0.05) is 11.1 Å². The molecule has 2 N–H and O–H groups in total. The van der Waals surface area contributed by atoms with E-state index in [0.717, 1.165) is 57.8 Å². The van der Waals surface area contributed by atoms with Crippen LogP contribution in [-0.4, -0.2) is 22.2 Å². The van der Waals surface area contributed by atoms with Crippen LogP contribution in [0.3, 0.4) is 0 Å². The molecular formula is C20H36O4. The van der Waals surface area contributed by atoms with Crippen LogP contribution in [0.5, 0.6) is 0 Å². The lowest BCUT2D eigenvalue weighted by Crippen LogP contribution is -2.12. The normalized spacial score (nSPS) is 12.3. The van der Waals surface area contributed by atoms with Gasteiger partial charge in [0.2, 0.25) is 0 Å². The predicted octanol–water partition coefficient (Wildman–Crippen LogP) is 5.81. The van der Waals surface area contributed by atoms with Crippen molar-refractivity contribution in [1.82, 2.24) is 0 Å². The molecule has 0 saturated carbocycles. The van der Waals surface area contributed by atoms with Crippen molar-refractivity contribution >= 4 is 11.9 Å². The molecule has 0 aromatic carbocycles. The zero-order valence-electron chi connectivity index (χ0n) is 15.8. The average molecular weight is 341 g/mol. The molecule has 140 valence electrons. The van der Waals surface area contributed by atoms with E-state index in [9.17, 15) is 19.8 Å². The summed E-state index contributed by atoms with van der Waals surface area (Å²) in [7, 11) is 0. The molecule has 0 aromatic rings. The molecule has 0 aliphatic heterocycles. The van der Waals surface area contributed by atoms with Crippen LogP contribution in [0.2, 0.25) is 0 Å². The molecule has 0 atom stereocenters. The Hall–Kier alpha value is -1.32. The first-order valence-electron chi connectivity index (χ1n) is 9.58. The number of unbranched alkanes of at least 4 members (excludes halogenated alkanes) is 7. The quantitative estimate of drug-likeness (QED) is 0.291. The molecule has 0 radical (unpaired) electrons. The molecule has 0 bridgehead atoms. The number of carboxylic acid groups (broad SMARTS) is 2. The second-order valence-corrected chi connectivity index (χ2v) is 7.08. The third-order valence-electron chi connectivity index (χ3n) is 4.37. The minimum atomic E-state index is -1.07. The van der Waals surface area contributed by atoms with E-state index in [1.165, 1.54) is 6.42 Å². The molecule has 0 saturated heterocycles. The Balaban J connectivity index is 4.47. The Bertz CT molecular complexity index is 396. The number of carbonyl (C=O) groups is 2. The molecule has 0 fully saturated rings. The van der Waals surface area contributed by atoms with E-state index in [1.54, 1.807) is 0 Å². The predicted molar refractivity (Wildman–Crippen MR) is 98.2 cm³/mol. The van der Waals surface area contributed by atoms with Crippen molar-refractivity contribution in [2.75, 3.05) is 0 Å². The van der Waals surface area contributed by atoms with Gasteiger partial charge in [0.1, 0.15) is 0 Å². The second kappa shape index (κ2) is 14.1. The summed E-state index contributed by atoms with van der Waals surface area (Å²) < 4.78 is 0. The first-order chi connectivity index (χ1) is 11.4. The molecule has 0 aromatic heterocycles. The summed E-state index contributed by atoms with van der Waals surface area (Å²) in [6, 6.07) is 0. The molecule has 0 unspecified atom stereocenters. The molecule has 0 aliphatic rings. The van der Waals surface area contributed by atoms with Crippen LogP contribution in [0.4, 0.5) is 0 Å². The lowest BCUT2D eigenvalue weighted by molar-refractivity contribution is -0.136. The first-order valence-corrected chi connectivity index (χ1v) is 9.58. The van der Waals surface area contributed by atoms with Crippen LogP contribution in [0, 0.1) is 5.92 Å². The Morgan fingerprint density at radius 2 is 1.12 bits per heavy atom. The third kappa shape index (κ3) is 11.3. The van der Waals surface area contributed by atoms with Crippen LogP contribution < -0.4 is 0 Å². The molecule has 0 rings (SSSR count). The highest BCUT2D eigenvalue weighted by molar-refractivity contribution is 5.98. The van der Waals surface area contributed by atoms with Crippen molar-refractivity contribution in [3.05, 3.63) is 11.1 Å². The van der Waals surface area contributed by atoms with Crippen LogP contribution in [0.25, 0.3) is 0 Å². The Morgan fingerprint density at radius 1 is 0.708 bits per heavy atom. The van der Waals surface area contributed by atoms with Gasteiger partial charge in [-0.25, -0.2) is 9.59 Å². The minimum Gasteiger partial charge on any atom is -0.478 e.